The van der Waals surface area contributed by atoms with Gasteiger partial charge in [0.2, 0.25) is 0 Å². The summed E-state index contributed by atoms with van der Waals surface area (Å²) in [5, 5.41) is 4.43. The third-order valence-corrected chi connectivity index (χ3v) is 2.73. The van der Waals surface area contributed by atoms with E-state index in [2.05, 4.69) is 28.1 Å². The Morgan fingerprint density at radius 2 is 2.12 bits per heavy atom. The predicted molar refractivity (Wildman–Crippen MR) is 65.6 cm³/mol. The maximum absolute atomic E-state index is 4.43. The van der Waals surface area contributed by atoms with Crippen LogP contribution in [0.5, 0.6) is 0 Å². The Kier molecular flexibility index (Phi) is 2.33. The molecule has 84 valence electrons. The normalized spacial score (nSPS) is 10.9. The van der Waals surface area contributed by atoms with Gasteiger partial charge in [-0.25, -0.2) is 9.50 Å². The zero-order valence-corrected chi connectivity index (χ0v) is 9.54. The monoisotopic (exact) mass is 224 g/mol. The molecule has 0 spiro atoms. The Labute approximate surface area is 99.0 Å². The van der Waals surface area contributed by atoms with Gasteiger partial charge in [0.15, 0.2) is 5.65 Å². The molecule has 0 fully saturated rings. The lowest BCUT2D eigenvalue weighted by Crippen LogP contribution is -1.89. The lowest BCUT2D eigenvalue weighted by atomic mass is 10.2. The molecule has 0 unspecified atom stereocenters. The molecule has 4 heteroatoms. The minimum Gasteiger partial charge on any atom is -0.254 e. The molecule has 0 bridgehead atoms. The first-order chi connectivity index (χ1) is 8.36. The van der Waals surface area contributed by atoms with Crippen molar-refractivity contribution in [3.8, 4) is 11.4 Å². The number of rotatable bonds is 2. The molecule has 3 rings (SSSR count). The molecular weight excluding hydrogens is 212 g/mol. The number of hydrogen-bond donors (Lipinski definition) is 0. The quantitative estimate of drug-likeness (QED) is 0.671. The summed E-state index contributed by atoms with van der Waals surface area (Å²) in [5.41, 5.74) is 3.80. The van der Waals surface area contributed by atoms with Crippen LogP contribution in [0.25, 0.3) is 17.0 Å². The first-order valence-corrected chi connectivity index (χ1v) is 5.62. The van der Waals surface area contributed by atoms with Crippen molar-refractivity contribution < 1.29 is 0 Å². The van der Waals surface area contributed by atoms with Crippen LogP contribution in [0.15, 0.2) is 42.9 Å². The minimum absolute atomic E-state index is 0.837. The minimum atomic E-state index is 0.837. The first kappa shape index (κ1) is 9.96. The summed E-state index contributed by atoms with van der Waals surface area (Å²) in [6, 6.07) is 7.88. The van der Waals surface area contributed by atoms with E-state index in [4.69, 9.17) is 0 Å². The number of aryl methyl sites for hydroxylation is 1. The second kappa shape index (κ2) is 3.97. The number of aromatic nitrogens is 4. The van der Waals surface area contributed by atoms with Crippen molar-refractivity contribution in [1.29, 1.82) is 0 Å². The zero-order valence-electron chi connectivity index (χ0n) is 9.54. The fourth-order valence-electron chi connectivity index (χ4n) is 1.74. The molecule has 0 saturated carbocycles. The lowest BCUT2D eigenvalue weighted by Gasteiger charge is -1.97. The number of fused-ring (bicyclic) bond motifs is 1. The summed E-state index contributed by atoms with van der Waals surface area (Å²) in [7, 11) is 0. The van der Waals surface area contributed by atoms with Gasteiger partial charge < -0.3 is 0 Å². The molecule has 0 amide bonds. The first-order valence-electron chi connectivity index (χ1n) is 5.62. The van der Waals surface area contributed by atoms with Crippen LogP contribution in [-0.2, 0) is 6.42 Å². The van der Waals surface area contributed by atoms with Crippen LogP contribution < -0.4 is 0 Å². The van der Waals surface area contributed by atoms with Crippen LogP contribution >= 0.6 is 0 Å². The van der Waals surface area contributed by atoms with Crippen molar-refractivity contribution in [2.24, 2.45) is 0 Å². The maximum Gasteiger partial charge on any atom is 0.155 e. The van der Waals surface area contributed by atoms with Crippen molar-refractivity contribution in [1.82, 2.24) is 19.6 Å². The lowest BCUT2D eigenvalue weighted by molar-refractivity contribution is 0.940. The zero-order chi connectivity index (χ0) is 11.7. The molecular formula is C13H12N4. The van der Waals surface area contributed by atoms with E-state index in [0.29, 0.717) is 0 Å². The Balaban J connectivity index is 2.07. The number of hydrogen-bond acceptors (Lipinski definition) is 3. The number of nitrogens with zero attached hydrogens (tertiary/aromatic N) is 4. The van der Waals surface area contributed by atoms with E-state index in [0.717, 1.165) is 23.5 Å². The smallest absolute Gasteiger partial charge is 0.155 e. The van der Waals surface area contributed by atoms with Crippen LogP contribution in [0.2, 0.25) is 0 Å². The SMILES string of the molecule is CCc1ccc(-c2cc3ncccn3n2)nc1. The average molecular weight is 224 g/mol. The summed E-state index contributed by atoms with van der Waals surface area (Å²) in [5.74, 6) is 0. The van der Waals surface area contributed by atoms with Crippen LogP contribution in [0.1, 0.15) is 12.5 Å². The largest absolute Gasteiger partial charge is 0.254 e. The molecule has 0 N–H and O–H groups in total. The highest BCUT2D eigenvalue weighted by Crippen LogP contribution is 2.16. The van der Waals surface area contributed by atoms with Gasteiger partial charge in [0.1, 0.15) is 5.69 Å². The van der Waals surface area contributed by atoms with Crippen molar-refractivity contribution in [2.45, 2.75) is 13.3 Å². The molecule has 0 saturated heterocycles. The highest BCUT2D eigenvalue weighted by Gasteiger charge is 2.05. The van der Waals surface area contributed by atoms with Crippen LogP contribution in [0.4, 0.5) is 0 Å². The van der Waals surface area contributed by atoms with Crippen LogP contribution in [-0.4, -0.2) is 19.6 Å². The van der Waals surface area contributed by atoms with Crippen molar-refractivity contribution >= 4 is 5.65 Å². The van der Waals surface area contributed by atoms with Crippen molar-refractivity contribution in [2.75, 3.05) is 0 Å². The highest BCUT2D eigenvalue weighted by molar-refractivity contribution is 5.60. The Hall–Kier alpha value is -2.23. The van der Waals surface area contributed by atoms with E-state index < -0.39 is 0 Å². The summed E-state index contributed by atoms with van der Waals surface area (Å²) >= 11 is 0. The summed E-state index contributed by atoms with van der Waals surface area (Å²) in [4.78, 5) is 8.65. The molecule has 3 aromatic heterocycles. The van der Waals surface area contributed by atoms with Gasteiger partial charge in [-0.1, -0.05) is 13.0 Å². The van der Waals surface area contributed by atoms with Gasteiger partial charge in [-0.2, -0.15) is 5.10 Å². The van der Waals surface area contributed by atoms with Gasteiger partial charge in [-0.15, -0.1) is 0 Å². The van der Waals surface area contributed by atoms with Gasteiger partial charge in [-0.3, -0.25) is 4.98 Å². The molecule has 0 atom stereocenters. The number of pyridine rings is 1. The summed E-state index contributed by atoms with van der Waals surface area (Å²) < 4.78 is 1.75. The standard InChI is InChI=1S/C13H12N4/c1-2-10-4-5-11(15-9-10)12-8-13-14-6-3-7-17(13)16-12/h3-9H,2H2,1H3. The maximum atomic E-state index is 4.43. The van der Waals surface area contributed by atoms with Gasteiger partial charge in [0.25, 0.3) is 0 Å². The van der Waals surface area contributed by atoms with Crippen molar-refractivity contribution in [3.63, 3.8) is 0 Å². The Morgan fingerprint density at radius 3 is 2.82 bits per heavy atom. The third kappa shape index (κ3) is 1.78. The highest BCUT2D eigenvalue weighted by atomic mass is 15.2. The second-order valence-corrected chi connectivity index (χ2v) is 3.86. The molecule has 17 heavy (non-hydrogen) atoms. The van der Waals surface area contributed by atoms with Crippen molar-refractivity contribution in [3.05, 3.63) is 48.4 Å². The Bertz CT molecular complexity index is 607. The molecule has 0 radical (unpaired) electrons. The van der Waals surface area contributed by atoms with Crippen LogP contribution in [0.3, 0.4) is 0 Å². The van der Waals surface area contributed by atoms with Gasteiger partial charge >= 0.3 is 0 Å². The molecule has 0 aliphatic heterocycles. The summed E-state index contributed by atoms with van der Waals surface area (Å²) in [6.07, 6.45) is 6.54. The third-order valence-electron chi connectivity index (χ3n) is 2.73. The Morgan fingerprint density at radius 1 is 1.18 bits per heavy atom. The predicted octanol–water partition coefficient (Wildman–Crippen LogP) is 2.35. The van der Waals surface area contributed by atoms with E-state index in [-0.39, 0.29) is 0 Å². The second-order valence-electron chi connectivity index (χ2n) is 3.86. The molecule has 0 aliphatic carbocycles. The molecule has 3 heterocycles. The van der Waals surface area contributed by atoms with Gasteiger partial charge in [0, 0.05) is 24.7 Å². The van der Waals surface area contributed by atoms with E-state index in [1.807, 2.05) is 30.6 Å². The fourth-order valence-corrected chi connectivity index (χ4v) is 1.74. The molecule has 0 aliphatic rings. The molecule has 4 nitrogen and oxygen atoms in total. The van der Waals surface area contributed by atoms with Gasteiger partial charge in [0.05, 0.1) is 5.69 Å². The van der Waals surface area contributed by atoms with Gasteiger partial charge in [-0.05, 0) is 24.1 Å². The molecule has 0 aromatic carbocycles. The van der Waals surface area contributed by atoms with Crippen LogP contribution in [0, 0.1) is 0 Å². The molecule has 3 aromatic rings. The van der Waals surface area contributed by atoms with E-state index in [9.17, 15) is 0 Å². The summed E-state index contributed by atoms with van der Waals surface area (Å²) in [6.45, 7) is 2.12. The topological polar surface area (TPSA) is 43.1 Å². The average Bonchev–Trinajstić information content (AvgIpc) is 2.82. The van der Waals surface area contributed by atoms with E-state index >= 15 is 0 Å². The fraction of sp³-hybridized carbons (Fsp3) is 0.154. The van der Waals surface area contributed by atoms with E-state index in [1.165, 1.54) is 5.56 Å². The van der Waals surface area contributed by atoms with E-state index in [1.54, 1.807) is 10.7 Å².